The van der Waals surface area contributed by atoms with E-state index in [0.29, 0.717) is 25.6 Å². The monoisotopic (exact) mass is 313 g/mol. The van der Waals surface area contributed by atoms with E-state index in [-0.39, 0.29) is 11.9 Å². The summed E-state index contributed by atoms with van der Waals surface area (Å²) in [5.41, 5.74) is 0. The van der Waals surface area contributed by atoms with Crippen LogP contribution in [0.15, 0.2) is 22.8 Å². The maximum absolute atomic E-state index is 11.9. The number of carbonyl (C=O) groups excluding carboxylic acids is 1. The van der Waals surface area contributed by atoms with Crippen molar-refractivity contribution in [1.29, 1.82) is 0 Å². The lowest BCUT2D eigenvalue weighted by Crippen LogP contribution is -2.47. The third kappa shape index (κ3) is 3.76. The molecule has 2 heterocycles. The summed E-state index contributed by atoms with van der Waals surface area (Å²) >= 11 is 3.30. The first-order chi connectivity index (χ1) is 8.65. The molecule has 1 atom stereocenters. The van der Waals surface area contributed by atoms with Crippen molar-refractivity contribution in [2.75, 3.05) is 31.6 Å². The normalized spacial score (nSPS) is 20.7. The summed E-state index contributed by atoms with van der Waals surface area (Å²) in [7, 11) is 0. The van der Waals surface area contributed by atoms with E-state index in [9.17, 15) is 4.79 Å². The number of aromatic nitrogens is 1. The van der Waals surface area contributed by atoms with Crippen molar-refractivity contribution in [3.8, 4) is 0 Å². The topological polar surface area (TPSA) is 54.5 Å². The highest BCUT2D eigenvalue weighted by atomic mass is 79.9. The van der Waals surface area contributed by atoms with Gasteiger partial charge in [-0.25, -0.2) is 4.98 Å². The predicted molar refractivity (Wildman–Crippen MR) is 72.4 cm³/mol. The number of hydrogen-bond donors (Lipinski definition) is 1. The summed E-state index contributed by atoms with van der Waals surface area (Å²) in [5.74, 6) is 0.530. The third-order valence-electron chi connectivity index (χ3n) is 2.85. The number of ether oxygens (including phenoxy) is 1. The van der Waals surface area contributed by atoms with Gasteiger partial charge in [0.1, 0.15) is 5.82 Å². The summed E-state index contributed by atoms with van der Waals surface area (Å²) < 4.78 is 6.23. The first-order valence-corrected chi connectivity index (χ1v) is 6.67. The molecule has 0 spiro atoms. The van der Waals surface area contributed by atoms with Crippen molar-refractivity contribution < 1.29 is 9.53 Å². The summed E-state index contributed by atoms with van der Waals surface area (Å²) in [6.45, 7) is 4.60. The average Bonchev–Trinajstić information content (AvgIpc) is 2.35. The van der Waals surface area contributed by atoms with Gasteiger partial charge in [0.2, 0.25) is 5.91 Å². The highest BCUT2D eigenvalue weighted by Crippen LogP contribution is 2.11. The van der Waals surface area contributed by atoms with E-state index in [1.807, 2.05) is 6.07 Å². The Labute approximate surface area is 115 Å². The number of pyridine rings is 1. The van der Waals surface area contributed by atoms with E-state index in [1.165, 1.54) is 0 Å². The lowest BCUT2D eigenvalue weighted by atomic mass is 10.2. The Hall–Kier alpha value is -0.980. The Morgan fingerprint density at radius 3 is 3.17 bits per heavy atom. The van der Waals surface area contributed by atoms with Gasteiger partial charge < -0.3 is 10.1 Å². The number of rotatable bonds is 3. The molecule has 1 aliphatic heterocycles. The molecule has 0 radical (unpaired) electrons. The largest absolute Gasteiger partial charge is 0.379 e. The number of amides is 1. The minimum atomic E-state index is -0.0430. The van der Waals surface area contributed by atoms with Gasteiger partial charge in [0.15, 0.2) is 0 Å². The van der Waals surface area contributed by atoms with Crippen LogP contribution < -0.4 is 5.32 Å². The maximum Gasteiger partial charge on any atom is 0.239 e. The molecule has 5 nitrogen and oxygen atoms in total. The van der Waals surface area contributed by atoms with Crippen LogP contribution in [0.4, 0.5) is 5.82 Å². The van der Waals surface area contributed by atoms with E-state index in [0.717, 1.165) is 11.0 Å². The van der Waals surface area contributed by atoms with Crippen molar-refractivity contribution in [3.63, 3.8) is 0 Å². The maximum atomic E-state index is 11.9. The van der Waals surface area contributed by atoms with E-state index >= 15 is 0 Å². The van der Waals surface area contributed by atoms with Crippen molar-refractivity contribution in [1.82, 2.24) is 9.88 Å². The molecule has 1 aromatic heterocycles. The molecule has 0 saturated carbocycles. The van der Waals surface area contributed by atoms with Crippen molar-refractivity contribution in [3.05, 3.63) is 22.8 Å². The average molecular weight is 314 g/mol. The van der Waals surface area contributed by atoms with Gasteiger partial charge in [-0.1, -0.05) is 0 Å². The van der Waals surface area contributed by atoms with Crippen LogP contribution in [0.3, 0.4) is 0 Å². The van der Waals surface area contributed by atoms with E-state index in [2.05, 4.69) is 38.1 Å². The predicted octanol–water partition coefficient (Wildman–Crippen LogP) is 1.50. The molecule has 1 amide bonds. The molecule has 1 fully saturated rings. The molecular weight excluding hydrogens is 298 g/mol. The van der Waals surface area contributed by atoms with Crippen LogP contribution >= 0.6 is 15.9 Å². The second kappa shape index (κ2) is 6.26. The Bertz CT molecular complexity index is 410. The SMILES string of the molecule is C[C@H]1COCCN1CC(=O)Nc1ccc(Br)cn1. The van der Waals surface area contributed by atoms with Gasteiger partial charge in [-0.2, -0.15) is 0 Å². The van der Waals surface area contributed by atoms with E-state index in [4.69, 9.17) is 4.74 Å². The van der Waals surface area contributed by atoms with Crippen molar-refractivity contribution >= 4 is 27.7 Å². The number of nitrogens with one attached hydrogen (secondary N) is 1. The van der Waals surface area contributed by atoms with Gasteiger partial charge in [0, 0.05) is 23.3 Å². The third-order valence-corrected chi connectivity index (χ3v) is 3.32. The summed E-state index contributed by atoms with van der Waals surface area (Å²) in [4.78, 5) is 18.1. The molecule has 1 saturated heterocycles. The zero-order chi connectivity index (χ0) is 13.0. The fourth-order valence-corrected chi connectivity index (χ4v) is 2.05. The zero-order valence-electron chi connectivity index (χ0n) is 10.2. The molecule has 0 bridgehead atoms. The van der Waals surface area contributed by atoms with Gasteiger partial charge in [-0.15, -0.1) is 0 Å². The Kier molecular flexibility index (Phi) is 4.68. The summed E-state index contributed by atoms with van der Waals surface area (Å²) in [6.07, 6.45) is 1.66. The van der Waals surface area contributed by atoms with Crippen molar-refractivity contribution in [2.45, 2.75) is 13.0 Å². The lowest BCUT2D eigenvalue weighted by molar-refractivity contribution is -0.119. The number of halogens is 1. The van der Waals surface area contributed by atoms with E-state index < -0.39 is 0 Å². The van der Waals surface area contributed by atoms with Gasteiger partial charge in [-0.05, 0) is 35.0 Å². The summed E-state index contributed by atoms with van der Waals surface area (Å²) in [5, 5.41) is 2.78. The van der Waals surface area contributed by atoms with Crippen LogP contribution in [-0.2, 0) is 9.53 Å². The molecule has 0 aliphatic carbocycles. The number of nitrogens with zero attached hydrogens (tertiary/aromatic N) is 2. The number of morpholine rings is 1. The highest BCUT2D eigenvalue weighted by molar-refractivity contribution is 9.10. The first kappa shape index (κ1) is 13.5. The molecule has 0 aromatic carbocycles. The molecule has 1 aliphatic rings. The molecule has 6 heteroatoms. The van der Waals surface area contributed by atoms with Gasteiger partial charge >= 0.3 is 0 Å². The molecule has 1 N–H and O–H groups in total. The smallest absolute Gasteiger partial charge is 0.239 e. The van der Waals surface area contributed by atoms with Crippen LogP contribution in [0.1, 0.15) is 6.92 Å². The van der Waals surface area contributed by atoms with Crippen molar-refractivity contribution in [2.24, 2.45) is 0 Å². The lowest BCUT2D eigenvalue weighted by Gasteiger charge is -2.32. The Balaban J connectivity index is 1.86. The fraction of sp³-hybridized carbons (Fsp3) is 0.500. The standard InChI is InChI=1S/C12H16BrN3O2/c1-9-8-18-5-4-16(9)7-12(17)15-11-3-2-10(13)6-14-11/h2-3,6,9H,4-5,7-8H2,1H3,(H,14,15,17)/t9-/m0/s1. The molecule has 1 aromatic rings. The second-order valence-corrected chi connectivity index (χ2v) is 5.22. The zero-order valence-corrected chi connectivity index (χ0v) is 11.8. The first-order valence-electron chi connectivity index (χ1n) is 5.88. The van der Waals surface area contributed by atoms with Gasteiger partial charge in [0.05, 0.1) is 19.8 Å². The Morgan fingerprint density at radius 2 is 2.50 bits per heavy atom. The molecule has 98 valence electrons. The van der Waals surface area contributed by atoms with Crippen LogP contribution in [0.5, 0.6) is 0 Å². The molecule has 18 heavy (non-hydrogen) atoms. The minimum Gasteiger partial charge on any atom is -0.379 e. The number of carbonyl (C=O) groups is 1. The fourth-order valence-electron chi connectivity index (χ4n) is 1.81. The molecule has 0 unspecified atom stereocenters. The van der Waals surface area contributed by atoms with Crippen LogP contribution in [-0.4, -0.2) is 48.1 Å². The van der Waals surface area contributed by atoms with Crippen LogP contribution in [0, 0.1) is 0 Å². The quantitative estimate of drug-likeness (QED) is 0.919. The Morgan fingerprint density at radius 1 is 1.67 bits per heavy atom. The van der Waals surface area contributed by atoms with E-state index in [1.54, 1.807) is 12.3 Å². The number of anilines is 1. The van der Waals surface area contributed by atoms with Gasteiger partial charge in [-0.3, -0.25) is 9.69 Å². The highest BCUT2D eigenvalue weighted by Gasteiger charge is 2.21. The minimum absolute atomic E-state index is 0.0430. The number of hydrogen-bond acceptors (Lipinski definition) is 4. The molecule has 2 rings (SSSR count). The summed E-state index contributed by atoms with van der Waals surface area (Å²) in [6, 6.07) is 3.90. The second-order valence-electron chi connectivity index (χ2n) is 4.30. The van der Waals surface area contributed by atoms with Crippen LogP contribution in [0.25, 0.3) is 0 Å². The van der Waals surface area contributed by atoms with Crippen LogP contribution in [0.2, 0.25) is 0 Å². The molecular formula is C12H16BrN3O2. The van der Waals surface area contributed by atoms with Gasteiger partial charge in [0.25, 0.3) is 0 Å².